The summed E-state index contributed by atoms with van der Waals surface area (Å²) in [6.45, 7) is 0. The quantitative estimate of drug-likeness (QED) is 0.676. The number of nitrogens with zero attached hydrogens (tertiary/aromatic N) is 2. The topological polar surface area (TPSA) is 41.8 Å². The highest BCUT2D eigenvalue weighted by Crippen LogP contribution is 2.16. The summed E-state index contributed by atoms with van der Waals surface area (Å²) in [6.07, 6.45) is 5.16. The smallest absolute Gasteiger partial charge is 0.181 e. The summed E-state index contributed by atoms with van der Waals surface area (Å²) in [5.74, 6) is 0.0564. The molecule has 0 aromatic heterocycles. The van der Waals surface area contributed by atoms with Crippen LogP contribution in [0.15, 0.2) is 52.7 Å². The number of carbonyl (C=O) groups excluding carboxylic acids is 1. The maximum Gasteiger partial charge on any atom is 0.181 e. The average Bonchev–Trinajstić information content (AvgIpc) is 2.29. The van der Waals surface area contributed by atoms with E-state index in [2.05, 4.69) is 10.2 Å². The van der Waals surface area contributed by atoms with Crippen molar-refractivity contribution in [3.8, 4) is 0 Å². The van der Waals surface area contributed by atoms with Crippen LogP contribution in [0, 0.1) is 0 Å². The number of carbonyl (C=O) groups is 1. The van der Waals surface area contributed by atoms with Crippen LogP contribution in [-0.2, 0) is 4.79 Å². The van der Waals surface area contributed by atoms with Crippen molar-refractivity contribution in [1.29, 1.82) is 0 Å². The van der Waals surface area contributed by atoms with Crippen LogP contribution < -0.4 is 0 Å². The van der Waals surface area contributed by atoms with E-state index in [1.807, 2.05) is 36.4 Å². The standard InChI is InChI=1S/C12H12N2O/c15-12-9-5-4-8-11(12)14-13-10-6-2-1-3-7-10/h1-3,5-7,9,11H,4,8H2. The number of hydrogen-bond donors (Lipinski definition) is 0. The zero-order valence-corrected chi connectivity index (χ0v) is 8.34. The first-order valence-electron chi connectivity index (χ1n) is 5.02. The molecule has 3 heteroatoms. The number of allylic oxidation sites excluding steroid dienone is 1. The molecule has 2 rings (SSSR count). The molecule has 0 fully saturated rings. The lowest BCUT2D eigenvalue weighted by Gasteiger charge is -2.09. The number of benzene rings is 1. The van der Waals surface area contributed by atoms with E-state index >= 15 is 0 Å². The molecular weight excluding hydrogens is 188 g/mol. The maximum atomic E-state index is 11.4. The van der Waals surface area contributed by atoms with E-state index in [-0.39, 0.29) is 11.8 Å². The molecule has 0 saturated carbocycles. The summed E-state index contributed by atoms with van der Waals surface area (Å²) in [4.78, 5) is 11.4. The van der Waals surface area contributed by atoms with Gasteiger partial charge >= 0.3 is 0 Å². The van der Waals surface area contributed by atoms with Gasteiger partial charge in [0.25, 0.3) is 0 Å². The molecule has 0 aliphatic heterocycles. The first kappa shape index (κ1) is 9.77. The van der Waals surface area contributed by atoms with Crippen molar-refractivity contribution in [3.05, 3.63) is 42.5 Å². The average molecular weight is 200 g/mol. The summed E-state index contributed by atoms with van der Waals surface area (Å²) in [5.41, 5.74) is 0.792. The zero-order valence-electron chi connectivity index (χ0n) is 8.34. The normalized spacial score (nSPS) is 21.1. The fourth-order valence-corrected chi connectivity index (χ4v) is 1.45. The Balaban J connectivity index is 2.06. The molecule has 0 spiro atoms. The van der Waals surface area contributed by atoms with Crippen molar-refractivity contribution in [1.82, 2.24) is 0 Å². The van der Waals surface area contributed by atoms with Gasteiger partial charge in [0.1, 0.15) is 6.04 Å². The minimum absolute atomic E-state index is 0.0564. The van der Waals surface area contributed by atoms with Gasteiger partial charge < -0.3 is 0 Å². The Morgan fingerprint density at radius 1 is 1.20 bits per heavy atom. The van der Waals surface area contributed by atoms with E-state index < -0.39 is 0 Å². The summed E-state index contributed by atoms with van der Waals surface area (Å²) in [6, 6.07) is 9.18. The van der Waals surface area contributed by atoms with Crippen molar-refractivity contribution in [2.24, 2.45) is 10.2 Å². The van der Waals surface area contributed by atoms with Crippen LogP contribution in [0.3, 0.4) is 0 Å². The lowest BCUT2D eigenvalue weighted by molar-refractivity contribution is -0.116. The maximum absolute atomic E-state index is 11.4. The Bertz CT molecular complexity index is 395. The largest absolute Gasteiger partial charge is 0.292 e. The van der Waals surface area contributed by atoms with E-state index in [1.54, 1.807) is 6.08 Å². The highest BCUT2D eigenvalue weighted by molar-refractivity contribution is 5.95. The van der Waals surface area contributed by atoms with Crippen LogP contribution in [0.4, 0.5) is 5.69 Å². The molecule has 0 radical (unpaired) electrons. The minimum Gasteiger partial charge on any atom is -0.292 e. The van der Waals surface area contributed by atoms with Gasteiger partial charge in [-0.15, -0.1) is 0 Å². The van der Waals surface area contributed by atoms with E-state index in [4.69, 9.17) is 0 Å². The van der Waals surface area contributed by atoms with Crippen LogP contribution in [0.25, 0.3) is 0 Å². The van der Waals surface area contributed by atoms with Gasteiger partial charge in [-0.1, -0.05) is 24.3 Å². The molecule has 1 aliphatic rings. The minimum atomic E-state index is -0.282. The van der Waals surface area contributed by atoms with Crippen LogP contribution in [0.5, 0.6) is 0 Å². The van der Waals surface area contributed by atoms with E-state index in [9.17, 15) is 4.79 Å². The molecule has 1 unspecified atom stereocenters. The molecule has 1 aromatic carbocycles. The lowest BCUT2D eigenvalue weighted by Crippen LogP contribution is -2.18. The molecule has 15 heavy (non-hydrogen) atoms. The second-order valence-corrected chi connectivity index (χ2v) is 3.45. The molecule has 0 amide bonds. The van der Waals surface area contributed by atoms with Crippen molar-refractivity contribution in [2.75, 3.05) is 0 Å². The molecule has 1 atom stereocenters. The van der Waals surface area contributed by atoms with Crippen LogP contribution in [-0.4, -0.2) is 11.8 Å². The second-order valence-electron chi connectivity index (χ2n) is 3.45. The predicted molar refractivity (Wildman–Crippen MR) is 58.1 cm³/mol. The highest BCUT2D eigenvalue weighted by atomic mass is 16.1. The van der Waals surface area contributed by atoms with Crippen LogP contribution in [0.2, 0.25) is 0 Å². The Hall–Kier alpha value is -1.77. The fraction of sp³-hybridized carbons (Fsp3) is 0.250. The Morgan fingerprint density at radius 2 is 2.00 bits per heavy atom. The molecule has 3 nitrogen and oxygen atoms in total. The fourth-order valence-electron chi connectivity index (χ4n) is 1.45. The third kappa shape index (κ3) is 2.59. The van der Waals surface area contributed by atoms with Crippen molar-refractivity contribution >= 4 is 11.5 Å². The van der Waals surface area contributed by atoms with Gasteiger partial charge in [0.2, 0.25) is 0 Å². The molecule has 76 valence electrons. The number of rotatable bonds is 2. The third-order valence-electron chi connectivity index (χ3n) is 2.29. The van der Waals surface area contributed by atoms with Crippen LogP contribution >= 0.6 is 0 Å². The molecule has 0 saturated heterocycles. The first-order chi connectivity index (χ1) is 7.36. The predicted octanol–water partition coefficient (Wildman–Crippen LogP) is 3.06. The Labute approximate surface area is 88.5 Å². The Kier molecular flexibility index (Phi) is 3.02. The number of ketones is 1. The van der Waals surface area contributed by atoms with Gasteiger partial charge in [-0.2, -0.15) is 10.2 Å². The van der Waals surface area contributed by atoms with Crippen molar-refractivity contribution in [3.63, 3.8) is 0 Å². The van der Waals surface area contributed by atoms with E-state index in [1.165, 1.54) is 0 Å². The van der Waals surface area contributed by atoms with Gasteiger partial charge in [0, 0.05) is 0 Å². The summed E-state index contributed by atoms with van der Waals surface area (Å²) >= 11 is 0. The molecule has 1 aromatic rings. The number of hydrogen-bond acceptors (Lipinski definition) is 3. The highest BCUT2D eigenvalue weighted by Gasteiger charge is 2.17. The van der Waals surface area contributed by atoms with Gasteiger partial charge in [-0.05, 0) is 31.1 Å². The number of azo groups is 1. The van der Waals surface area contributed by atoms with Gasteiger partial charge in [0.15, 0.2) is 5.78 Å². The van der Waals surface area contributed by atoms with Crippen molar-refractivity contribution in [2.45, 2.75) is 18.9 Å². The van der Waals surface area contributed by atoms with Crippen LogP contribution in [0.1, 0.15) is 12.8 Å². The molecule has 0 heterocycles. The SMILES string of the molecule is O=C1C=CCCC1N=Nc1ccccc1. The second kappa shape index (κ2) is 4.64. The van der Waals surface area contributed by atoms with Gasteiger partial charge in [-0.25, -0.2) is 0 Å². The zero-order chi connectivity index (χ0) is 10.5. The van der Waals surface area contributed by atoms with Gasteiger partial charge in [-0.3, -0.25) is 4.79 Å². The molecular formula is C12H12N2O. The Morgan fingerprint density at radius 3 is 2.73 bits per heavy atom. The lowest BCUT2D eigenvalue weighted by atomic mass is 10.0. The summed E-state index contributed by atoms with van der Waals surface area (Å²) in [7, 11) is 0. The third-order valence-corrected chi connectivity index (χ3v) is 2.29. The molecule has 1 aliphatic carbocycles. The summed E-state index contributed by atoms with van der Waals surface area (Å²) < 4.78 is 0. The van der Waals surface area contributed by atoms with Crippen molar-refractivity contribution < 1.29 is 4.79 Å². The van der Waals surface area contributed by atoms with Gasteiger partial charge in [0.05, 0.1) is 5.69 Å². The molecule has 0 bridgehead atoms. The molecule has 0 N–H and O–H groups in total. The summed E-state index contributed by atoms with van der Waals surface area (Å²) in [5, 5.41) is 8.11. The monoisotopic (exact) mass is 200 g/mol. The first-order valence-corrected chi connectivity index (χ1v) is 5.02. The van der Waals surface area contributed by atoms with E-state index in [0.29, 0.717) is 0 Å². The van der Waals surface area contributed by atoms with E-state index in [0.717, 1.165) is 18.5 Å².